The summed E-state index contributed by atoms with van der Waals surface area (Å²) in [7, 11) is -5.25. The van der Waals surface area contributed by atoms with E-state index in [-0.39, 0.29) is 0 Å². The molecule has 3 aliphatic rings. The molecule has 3 fully saturated rings. The standard InChI is InChI=1S/C20H35NO18S/c1-5-10(25)12(27)13(28)19(34-5)37-15-8(4-23)35-18(30)9(21-6(2)24)16(15)38-20-14(29)17(39-40(31,32)33)11(26)7(3-22)36-20/h5,7-20,22-23,25-30H,3-4H2,1-2H3,(H,21,24)(H,31,32,33)/t5-,7+,8+,9+,10+,11-,12+,13-,14+,15+,16+,17-,18+,19-,20-/m0/s1. The van der Waals surface area contributed by atoms with Gasteiger partial charge in [0.25, 0.3) is 0 Å². The molecule has 0 bridgehead atoms. The molecule has 0 aliphatic carbocycles. The van der Waals surface area contributed by atoms with E-state index in [0.717, 1.165) is 6.92 Å². The van der Waals surface area contributed by atoms with E-state index in [4.69, 9.17) is 28.2 Å². The van der Waals surface area contributed by atoms with Gasteiger partial charge in [0.1, 0.15) is 67.1 Å². The fourth-order valence-corrected chi connectivity index (χ4v) is 5.15. The van der Waals surface area contributed by atoms with Gasteiger partial charge in [-0.3, -0.25) is 9.35 Å². The second kappa shape index (κ2) is 13.4. The quantitative estimate of drug-likeness (QED) is 0.109. The number of carbonyl (C=O) groups excluding carboxylic acids is 1. The van der Waals surface area contributed by atoms with Gasteiger partial charge in [-0.15, -0.1) is 0 Å². The van der Waals surface area contributed by atoms with Crippen molar-refractivity contribution < 1.29 is 86.5 Å². The molecule has 10 N–H and O–H groups in total. The smallest absolute Gasteiger partial charge is 0.394 e. The van der Waals surface area contributed by atoms with Gasteiger partial charge < -0.3 is 69.9 Å². The first kappa shape index (κ1) is 33.3. The van der Waals surface area contributed by atoms with Crippen molar-refractivity contribution in [2.45, 2.75) is 106 Å². The molecule has 3 rings (SSSR count). The summed E-state index contributed by atoms with van der Waals surface area (Å²) in [6.07, 6.45) is -24.5. The summed E-state index contributed by atoms with van der Waals surface area (Å²) in [6, 6.07) is -1.56. The van der Waals surface area contributed by atoms with Crippen LogP contribution < -0.4 is 5.32 Å². The van der Waals surface area contributed by atoms with Crippen molar-refractivity contribution in [2.75, 3.05) is 13.2 Å². The maximum absolute atomic E-state index is 11.9. The number of amides is 1. The molecular formula is C20H35NO18S. The maximum atomic E-state index is 11.9. The first-order valence-electron chi connectivity index (χ1n) is 12.1. The van der Waals surface area contributed by atoms with Crippen LogP contribution in [0.3, 0.4) is 0 Å². The van der Waals surface area contributed by atoms with Crippen molar-refractivity contribution in [1.29, 1.82) is 0 Å². The molecular weight excluding hydrogens is 574 g/mol. The first-order chi connectivity index (χ1) is 18.6. The Bertz CT molecular complexity index is 956. The molecule has 0 aromatic rings. The molecule has 1 amide bonds. The molecule has 15 atom stereocenters. The third kappa shape index (κ3) is 7.42. The van der Waals surface area contributed by atoms with Crippen molar-refractivity contribution in [3.8, 4) is 0 Å². The highest BCUT2D eigenvalue weighted by Crippen LogP contribution is 2.33. The maximum Gasteiger partial charge on any atom is 0.397 e. The molecule has 3 saturated heterocycles. The van der Waals surface area contributed by atoms with Crippen LogP contribution in [0.25, 0.3) is 0 Å². The number of aliphatic hydroxyl groups excluding tert-OH is 8. The van der Waals surface area contributed by atoms with E-state index in [9.17, 15) is 54.1 Å². The minimum Gasteiger partial charge on any atom is -0.394 e. The summed E-state index contributed by atoms with van der Waals surface area (Å²) >= 11 is 0. The van der Waals surface area contributed by atoms with E-state index < -0.39 is 122 Å². The number of carbonyl (C=O) groups is 1. The average Bonchev–Trinajstić information content (AvgIpc) is 2.87. The molecule has 0 saturated carbocycles. The van der Waals surface area contributed by atoms with Gasteiger partial charge in [-0.1, -0.05) is 0 Å². The Balaban J connectivity index is 1.97. The van der Waals surface area contributed by atoms with Crippen molar-refractivity contribution in [3.05, 3.63) is 0 Å². The largest absolute Gasteiger partial charge is 0.397 e. The van der Waals surface area contributed by atoms with Crippen LogP contribution in [-0.4, -0.2) is 165 Å². The van der Waals surface area contributed by atoms with Crippen LogP contribution in [0.1, 0.15) is 13.8 Å². The minimum absolute atomic E-state index is 0.732. The van der Waals surface area contributed by atoms with Gasteiger partial charge >= 0.3 is 10.4 Å². The van der Waals surface area contributed by atoms with Crippen LogP contribution in [0.15, 0.2) is 0 Å². The predicted molar refractivity (Wildman–Crippen MR) is 122 cm³/mol. The Kier molecular flexibility index (Phi) is 11.2. The second-order valence-corrected chi connectivity index (χ2v) is 10.6. The lowest BCUT2D eigenvalue weighted by Gasteiger charge is -2.49. The number of ether oxygens (including phenoxy) is 5. The monoisotopic (exact) mass is 609 g/mol. The van der Waals surface area contributed by atoms with Crippen molar-refractivity contribution in [3.63, 3.8) is 0 Å². The zero-order valence-electron chi connectivity index (χ0n) is 21.2. The van der Waals surface area contributed by atoms with Crippen LogP contribution in [0, 0.1) is 0 Å². The molecule has 0 spiro atoms. The lowest BCUT2D eigenvalue weighted by atomic mass is 9.94. The molecule has 3 heterocycles. The summed E-state index contributed by atoms with van der Waals surface area (Å²) in [6.45, 7) is 0.602. The molecule has 19 nitrogen and oxygen atoms in total. The third-order valence-corrected chi connectivity index (χ3v) is 7.13. The van der Waals surface area contributed by atoms with E-state index >= 15 is 0 Å². The molecule has 40 heavy (non-hydrogen) atoms. The molecule has 0 unspecified atom stereocenters. The van der Waals surface area contributed by atoms with E-state index in [0.29, 0.717) is 0 Å². The van der Waals surface area contributed by atoms with Crippen LogP contribution in [0.2, 0.25) is 0 Å². The minimum atomic E-state index is -5.25. The SMILES string of the molecule is CC(=O)N[C@@H]1[C@@H](O[C@@H]2O[C@H](CO)[C@H](O)[C@H](OS(=O)(=O)O)[C@H]2O)[C@H](O[C@@H]2O[C@@H](C)[C@@H](O)[C@@H](O)[C@@H]2O)[C@@H](CO)O[C@H]1O. The highest BCUT2D eigenvalue weighted by atomic mass is 32.3. The lowest BCUT2D eigenvalue weighted by Crippen LogP contribution is -2.69. The van der Waals surface area contributed by atoms with Gasteiger partial charge in [-0.2, -0.15) is 8.42 Å². The van der Waals surface area contributed by atoms with E-state index in [1.54, 1.807) is 0 Å². The average molecular weight is 610 g/mol. The third-order valence-electron chi connectivity index (χ3n) is 6.66. The molecule has 0 aromatic heterocycles. The summed E-state index contributed by atoms with van der Waals surface area (Å²) in [5.41, 5.74) is 0. The fraction of sp³-hybridized carbons (Fsp3) is 0.950. The normalized spacial score (nSPS) is 46.6. The van der Waals surface area contributed by atoms with Crippen LogP contribution in [0.5, 0.6) is 0 Å². The molecule has 0 radical (unpaired) electrons. The summed E-state index contributed by atoms with van der Waals surface area (Å²) in [5.74, 6) is -0.732. The highest BCUT2D eigenvalue weighted by molar-refractivity contribution is 7.80. The topological polar surface area (TPSA) is 301 Å². The van der Waals surface area contributed by atoms with Crippen molar-refractivity contribution in [1.82, 2.24) is 5.32 Å². The summed E-state index contributed by atoms with van der Waals surface area (Å²) in [4.78, 5) is 11.9. The zero-order valence-corrected chi connectivity index (χ0v) is 22.0. The van der Waals surface area contributed by atoms with Crippen LogP contribution >= 0.6 is 0 Å². The van der Waals surface area contributed by atoms with Crippen LogP contribution in [0.4, 0.5) is 0 Å². The Labute approximate surface area is 227 Å². The summed E-state index contributed by atoms with van der Waals surface area (Å²) < 4.78 is 63.6. The van der Waals surface area contributed by atoms with Gasteiger partial charge in [-0.05, 0) is 6.92 Å². The van der Waals surface area contributed by atoms with Gasteiger partial charge in [0.05, 0.1) is 19.3 Å². The predicted octanol–water partition coefficient (Wildman–Crippen LogP) is -6.57. The zero-order chi connectivity index (χ0) is 30.1. The molecule has 20 heteroatoms. The Hall–Kier alpha value is -1.18. The second-order valence-electron chi connectivity index (χ2n) is 9.55. The lowest BCUT2D eigenvalue weighted by molar-refractivity contribution is -0.369. The van der Waals surface area contributed by atoms with E-state index in [1.807, 2.05) is 0 Å². The van der Waals surface area contributed by atoms with Gasteiger partial charge in [-0.25, -0.2) is 4.18 Å². The molecule has 234 valence electrons. The van der Waals surface area contributed by atoms with Crippen molar-refractivity contribution in [2.24, 2.45) is 0 Å². The number of hydrogen-bond acceptors (Lipinski definition) is 17. The van der Waals surface area contributed by atoms with E-state index in [1.165, 1.54) is 6.92 Å². The molecule has 3 aliphatic heterocycles. The van der Waals surface area contributed by atoms with Gasteiger partial charge in [0, 0.05) is 6.92 Å². The van der Waals surface area contributed by atoms with Gasteiger partial charge in [0.15, 0.2) is 18.9 Å². The van der Waals surface area contributed by atoms with E-state index in [2.05, 4.69) is 9.50 Å². The van der Waals surface area contributed by atoms with Crippen molar-refractivity contribution >= 4 is 16.3 Å². The molecule has 0 aromatic carbocycles. The Morgan fingerprint density at radius 1 is 0.775 bits per heavy atom. The first-order valence-corrected chi connectivity index (χ1v) is 13.5. The fourth-order valence-electron chi connectivity index (χ4n) is 4.64. The van der Waals surface area contributed by atoms with Gasteiger partial charge in [0.2, 0.25) is 5.91 Å². The highest BCUT2D eigenvalue weighted by Gasteiger charge is 2.55. The number of aliphatic hydroxyl groups is 8. The van der Waals surface area contributed by atoms with Crippen LogP contribution in [-0.2, 0) is 43.1 Å². The number of nitrogens with one attached hydrogen (secondary N) is 1. The number of hydrogen-bond donors (Lipinski definition) is 10. The Morgan fingerprint density at radius 2 is 1.35 bits per heavy atom. The summed E-state index contributed by atoms with van der Waals surface area (Å²) in [5, 5.41) is 84.0. The number of rotatable bonds is 9. The Morgan fingerprint density at radius 3 is 1.90 bits per heavy atom.